The monoisotopic (exact) mass is 363 g/mol. The number of hydrogen-bond acceptors (Lipinski definition) is 3. The maximum absolute atomic E-state index is 6.22. The van der Waals surface area contributed by atoms with Gasteiger partial charge >= 0.3 is 0 Å². The van der Waals surface area contributed by atoms with Gasteiger partial charge in [0, 0.05) is 0 Å². The molecule has 1 aromatic carbocycles. The van der Waals surface area contributed by atoms with Crippen molar-refractivity contribution in [3.63, 3.8) is 0 Å². The molecule has 0 amide bonds. The molecule has 0 aliphatic carbocycles. The summed E-state index contributed by atoms with van der Waals surface area (Å²) in [5.74, 6) is 1.81. The van der Waals surface area contributed by atoms with Gasteiger partial charge in [0.1, 0.15) is 62.8 Å². The predicted octanol–water partition coefficient (Wildman–Crippen LogP) is -13.6. The molecule has 0 saturated carbocycles. The third-order valence-electron chi connectivity index (χ3n) is 7.58. The predicted molar refractivity (Wildman–Crippen MR) is 159 cm³/mol. The molecule has 1 aliphatic heterocycles. The topological polar surface area (TPSA) is 30.5 Å². The van der Waals surface area contributed by atoms with Crippen molar-refractivity contribution >= 4 is 118 Å². The molecular formula is C12H30B13NO2. The second kappa shape index (κ2) is 6.82. The van der Waals surface area contributed by atoms with Crippen molar-refractivity contribution in [3.8, 4) is 11.5 Å². The maximum Gasteiger partial charge on any atom is 0.197 e. The van der Waals surface area contributed by atoms with Crippen LogP contribution in [0.3, 0.4) is 0 Å². The standard InChI is InChI=1S/C12H30B13NO2/c1-8(16,26-11(22,23)10(19,20)21)9(17,18)2-3(13)5(15)7-6(4(2)14)27-12(24,25)28-7/h26H,13-25H2,1H3. The van der Waals surface area contributed by atoms with E-state index >= 15 is 0 Å². The minimum Gasteiger partial charge on any atom is -0.467 e. The molecule has 0 fully saturated rings. The Kier molecular flexibility index (Phi) is 5.82. The van der Waals surface area contributed by atoms with Gasteiger partial charge in [-0.3, -0.25) is 0 Å². The minimum atomic E-state index is -0.616. The Hall–Kier alpha value is -0.376. The summed E-state index contributed by atoms with van der Waals surface area (Å²) < 4.78 is 12.3. The van der Waals surface area contributed by atoms with E-state index in [1.54, 1.807) is 0 Å². The van der Waals surface area contributed by atoms with Gasteiger partial charge in [-0.25, -0.2) is 0 Å². The van der Waals surface area contributed by atoms with Crippen LogP contribution in [0.5, 0.6) is 11.5 Å². The molecule has 1 aliphatic rings. The van der Waals surface area contributed by atoms with E-state index in [4.69, 9.17) is 9.47 Å². The first-order valence-corrected chi connectivity index (χ1v) is 10.6. The summed E-state index contributed by atoms with van der Waals surface area (Å²) in [5.41, 5.74) is 4.26. The van der Waals surface area contributed by atoms with Crippen molar-refractivity contribution in [2.75, 3.05) is 0 Å². The van der Waals surface area contributed by atoms with E-state index < -0.39 is 5.59 Å². The Morgan fingerprint density at radius 2 is 1.18 bits per heavy atom. The highest BCUT2D eigenvalue weighted by Gasteiger charge is 2.46. The summed E-state index contributed by atoms with van der Waals surface area (Å²) in [6.45, 7) is 2.32. The summed E-state index contributed by atoms with van der Waals surface area (Å²) in [4.78, 5) is 0. The largest absolute Gasteiger partial charge is 0.467 e. The molecule has 3 nitrogen and oxygen atoms in total. The van der Waals surface area contributed by atoms with Crippen LogP contribution in [-0.4, -0.2) is 118 Å². The molecule has 16 heteroatoms. The summed E-state index contributed by atoms with van der Waals surface area (Å²) in [5, 5.41) is 3.99. The van der Waals surface area contributed by atoms with Gasteiger partial charge in [-0.1, -0.05) is 28.5 Å². The van der Waals surface area contributed by atoms with Crippen LogP contribution in [0.15, 0.2) is 0 Å². The average Bonchev–Trinajstić information content (AvgIpc) is 2.78. The minimum absolute atomic E-state index is 0.0248. The number of hydrogen-bond donors (Lipinski definition) is 1. The highest BCUT2D eigenvalue weighted by Crippen LogP contribution is 2.37. The molecule has 1 aromatic rings. The molecule has 0 aromatic heterocycles. The van der Waals surface area contributed by atoms with Crippen molar-refractivity contribution in [3.05, 3.63) is 5.56 Å². The highest BCUT2D eigenvalue weighted by atomic mass is 16.7. The fraction of sp³-hybridized carbons (Fsp3) is 0.500. The van der Waals surface area contributed by atoms with E-state index in [9.17, 15) is 0 Å². The lowest BCUT2D eigenvalue weighted by molar-refractivity contribution is 0.0844. The van der Waals surface area contributed by atoms with Gasteiger partial charge in [0.05, 0.1) is 23.5 Å². The van der Waals surface area contributed by atoms with Crippen molar-refractivity contribution in [1.82, 2.24) is 5.32 Å². The lowest BCUT2D eigenvalue weighted by Gasteiger charge is -2.54. The second-order valence-electron chi connectivity index (χ2n) is 11.8. The van der Waals surface area contributed by atoms with E-state index in [2.05, 4.69) is 98.5 Å². The van der Waals surface area contributed by atoms with Crippen molar-refractivity contribution in [2.24, 2.45) is 0 Å². The molecule has 1 heterocycles. The van der Waals surface area contributed by atoms with Gasteiger partial charge < -0.3 is 14.8 Å². The van der Waals surface area contributed by atoms with Gasteiger partial charge in [0.2, 0.25) is 0 Å². The maximum atomic E-state index is 6.22. The Morgan fingerprint density at radius 3 is 1.61 bits per heavy atom. The smallest absolute Gasteiger partial charge is 0.197 e. The second-order valence-corrected chi connectivity index (χ2v) is 11.8. The van der Waals surface area contributed by atoms with Gasteiger partial charge in [0.15, 0.2) is 32.8 Å². The molecule has 1 unspecified atom stereocenters. The van der Waals surface area contributed by atoms with E-state index in [0.29, 0.717) is 0 Å². The molecule has 28 heavy (non-hydrogen) atoms. The zero-order chi connectivity index (χ0) is 22.1. The van der Waals surface area contributed by atoms with Gasteiger partial charge in [-0.15, -0.1) is 5.11 Å². The van der Waals surface area contributed by atoms with Crippen molar-refractivity contribution in [2.45, 2.75) is 33.6 Å². The molecule has 1 atom stereocenters. The van der Waals surface area contributed by atoms with Gasteiger partial charge in [0.25, 0.3) is 0 Å². The average molecular weight is 361 g/mol. The van der Waals surface area contributed by atoms with Crippen LogP contribution in [0, 0.1) is 0 Å². The number of fused-ring (bicyclic) bond motifs is 1. The quantitative estimate of drug-likeness (QED) is 0.529. The number of nitrogens with one attached hydrogen (secondary N) is 1. The third kappa shape index (κ3) is 3.84. The lowest BCUT2D eigenvalue weighted by atomic mass is 9.25. The highest BCUT2D eigenvalue weighted by molar-refractivity contribution is 6.67. The molecule has 0 saturated heterocycles. The molecular weight excluding hydrogens is 331 g/mol. The first-order chi connectivity index (χ1) is 12.3. The summed E-state index contributed by atoms with van der Waals surface area (Å²) in [6.07, 6.45) is 0. The molecule has 0 spiro atoms. The lowest BCUT2D eigenvalue weighted by Crippen LogP contribution is -2.72. The summed E-state index contributed by atoms with van der Waals surface area (Å²) >= 11 is 0. The van der Waals surface area contributed by atoms with Crippen LogP contribution in [0.25, 0.3) is 0 Å². The van der Waals surface area contributed by atoms with Crippen molar-refractivity contribution < 1.29 is 9.47 Å². The van der Waals surface area contributed by atoms with Gasteiger partial charge in [-0.05, 0) is 16.4 Å². The van der Waals surface area contributed by atoms with Crippen LogP contribution in [-0.2, 0) is 5.21 Å². The van der Waals surface area contributed by atoms with Crippen LogP contribution in [0.1, 0.15) is 12.5 Å². The molecule has 0 bridgehead atoms. The Balaban J connectivity index is 2.62. The normalized spacial score (nSPS) is 18.5. The first-order valence-electron chi connectivity index (χ1n) is 10.6. The van der Waals surface area contributed by atoms with Crippen LogP contribution < -0.4 is 31.2 Å². The SMILES string of the molecule is Bc1c(B)c(C(B)(B)C(B)(C)NC(B)(B)C(B)(B)B)c(B)c2c1OC(B)(B)O2. The number of rotatable bonds is 5. The summed E-state index contributed by atoms with van der Waals surface area (Å²) in [6, 6.07) is 0. The Morgan fingerprint density at radius 1 is 0.750 bits per heavy atom. The number of benzene rings is 1. The van der Waals surface area contributed by atoms with Crippen LogP contribution >= 0.6 is 0 Å². The third-order valence-corrected chi connectivity index (χ3v) is 7.58. The van der Waals surface area contributed by atoms with E-state index in [0.717, 1.165) is 11.5 Å². The Labute approximate surface area is 183 Å². The molecule has 0 radical (unpaired) electrons. The van der Waals surface area contributed by atoms with E-state index in [-0.39, 0.29) is 21.1 Å². The zero-order valence-electron chi connectivity index (χ0n) is 20.8. The van der Waals surface area contributed by atoms with Crippen LogP contribution in [0.4, 0.5) is 0 Å². The fourth-order valence-corrected chi connectivity index (χ4v) is 4.23. The molecule has 1 N–H and O–H groups in total. The zero-order valence-corrected chi connectivity index (χ0v) is 20.8. The van der Waals surface area contributed by atoms with Crippen LogP contribution in [0.2, 0.25) is 5.11 Å². The Bertz CT molecular complexity index is 802. The van der Waals surface area contributed by atoms with Crippen molar-refractivity contribution in [1.29, 1.82) is 0 Å². The fourth-order valence-electron chi connectivity index (χ4n) is 4.23. The van der Waals surface area contributed by atoms with E-state index in [1.807, 2.05) is 15.7 Å². The molecule has 134 valence electrons. The van der Waals surface area contributed by atoms with Gasteiger partial charge in [-0.2, -0.15) is 0 Å². The number of ether oxygens (including phenoxy) is 2. The first kappa shape index (κ1) is 23.9. The summed E-state index contributed by atoms with van der Waals surface area (Å²) in [7, 11) is 29.0. The molecule has 2 rings (SSSR count). The van der Waals surface area contributed by atoms with E-state index in [1.165, 1.54) is 22.0 Å².